The lowest BCUT2D eigenvalue weighted by molar-refractivity contribution is 0.0357. The third kappa shape index (κ3) is 5.63. The number of aromatic nitrogens is 4. The molecule has 1 N–H and O–H groups in total. The molecule has 3 aromatic heterocycles. The summed E-state index contributed by atoms with van der Waals surface area (Å²) in [7, 11) is 1.61. The van der Waals surface area contributed by atoms with E-state index in [1.165, 1.54) is 18.0 Å². The first-order chi connectivity index (χ1) is 18.6. The molecule has 9 heteroatoms. The Hall–Kier alpha value is -4.76. The van der Waals surface area contributed by atoms with Crippen molar-refractivity contribution in [3.8, 4) is 0 Å². The van der Waals surface area contributed by atoms with E-state index in [-0.39, 0.29) is 12.6 Å². The molecule has 0 fully saturated rings. The second kappa shape index (κ2) is 11.5. The predicted octanol–water partition coefficient (Wildman–Crippen LogP) is 5.32. The lowest BCUT2D eigenvalue weighted by Crippen LogP contribution is -2.18. The number of esters is 1. The van der Waals surface area contributed by atoms with Crippen LogP contribution in [-0.2, 0) is 11.5 Å². The van der Waals surface area contributed by atoms with Gasteiger partial charge in [0.15, 0.2) is 6.73 Å². The highest BCUT2D eigenvalue weighted by atomic mass is 32.2. The topological polar surface area (TPSA) is 99.0 Å². The van der Waals surface area contributed by atoms with Gasteiger partial charge >= 0.3 is 5.97 Å². The number of ether oxygens (including phenoxy) is 1. The van der Waals surface area contributed by atoms with E-state index in [4.69, 9.17) is 9.84 Å². The highest BCUT2D eigenvalue weighted by Crippen LogP contribution is 2.33. The maximum Gasteiger partial charge on any atom is 0.341 e. The molecule has 1 amide bonds. The van der Waals surface area contributed by atoms with Crippen molar-refractivity contribution in [2.75, 3.05) is 7.05 Å². The minimum atomic E-state index is -0.489. The molecule has 38 heavy (non-hydrogen) atoms. The Kier molecular flexibility index (Phi) is 7.56. The second-order valence-corrected chi connectivity index (χ2v) is 9.25. The Morgan fingerprint density at radius 1 is 1.00 bits per heavy atom. The number of nitrogens with zero attached hydrogens (tertiary/aromatic N) is 4. The molecule has 0 atom stereocenters. The van der Waals surface area contributed by atoms with Crippen molar-refractivity contribution < 1.29 is 14.3 Å². The molecular formula is C29H23N5O3S. The number of pyridine rings is 2. The van der Waals surface area contributed by atoms with Gasteiger partial charge in [0.2, 0.25) is 0 Å². The van der Waals surface area contributed by atoms with Crippen molar-refractivity contribution in [2.45, 2.75) is 16.5 Å². The van der Waals surface area contributed by atoms with Crippen LogP contribution in [0.25, 0.3) is 23.1 Å². The van der Waals surface area contributed by atoms with Gasteiger partial charge in [-0.25, -0.2) is 9.48 Å². The summed E-state index contributed by atoms with van der Waals surface area (Å²) >= 11 is 1.48. The molecule has 0 saturated heterocycles. The molecule has 8 nitrogen and oxygen atoms in total. The minimum Gasteiger partial charge on any atom is -0.439 e. The number of nitrogens with one attached hydrogen (secondary N) is 1. The predicted molar refractivity (Wildman–Crippen MR) is 147 cm³/mol. The molecule has 3 heterocycles. The van der Waals surface area contributed by atoms with E-state index in [0.717, 1.165) is 26.4 Å². The van der Waals surface area contributed by atoms with E-state index in [0.29, 0.717) is 16.8 Å². The molecule has 0 aliphatic rings. The highest BCUT2D eigenvalue weighted by molar-refractivity contribution is 7.99. The number of carbonyl (C=O) groups excluding carboxylic acids is 2. The Balaban J connectivity index is 1.49. The average molecular weight is 522 g/mol. The molecule has 5 rings (SSSR count). The maximum absolute atomic E-state index is 12.5. The first kappa shape index (κ1) is 24.9. The second-order valence-electron chi connectivity index (χ2n) is 8.13. The number of benzene rings is 2. The maximum atomic E-state index is 12.5. The molecule has 2 aromatic carbocycles. The zero-order valence-electron chi connectivity index (χ0n) is 20.4. The van der Waals surface area contributed by atoms with Gasteiger partial charge in [-0.05, 0) is 66.7 Å². The van der Waals surface area contributed by atoms with Gasteiger partial charge in [-0.1, -0.05) is 30.0 Å². The zero-order valence-corrected chi connectivity index (χ0v) is 21.3. The van der Waals surface area contributed by atoms with E-state index in [2.05, 4.69) is 15.3 Å². The fourth-order valence-electron chi connectivity index (χ4n) is 3.79. The standard InChI is InChI=1S/C29H23N5O3S/c1-30-28(35)24-9-2-3-10-27(24)38-22-12-13-23-25(14-11-21-8-4-5-16-32-21)33-34(26(23)17-22)19-37-29(36)20-7-6-15-31-18-20/h2-18H,19H2,1H3,(H,30,35)/b14-11+. The van der Waals surface area contributed by atoms with E-state index in [9.17, 15) is 9.59 Å². The van der Waals surface area contributed by atoms with Gasteiger partial charge in [0.1, 0.15) is 0 Å². The van der Waals surface area contributed by atoms with Crippen LogP contribution in [0.5, 0.6) is 0 Å². The molecule has 0 radical (unpaired) electrons. The monoisotopic (exact) mass is 521 g/mol. The molecule has 0 bridgehead atoms. The van der Waals surface area contributed by atoms with Crippen LogP contribution in [0, 0.1) is 0 Å². The quantitative estimate of drug-likeness (QED) is 0.276. The van der Waals surface area contributed by atoms with E-state index >= 15 is 0 Å². The van der Waals surface area contributed by atoms with Crippen LogP contribution in [-0.4, -0.2) is 38.7 Å². The SMILES string of the molecule is CNC(=O)c1ccccc1Sc1ccc2c(/C=C/c3ccccn3)nn(COC(=O)c3cccnc3)c2c1. The molecular weight excluding hydrogens is 498 g/mol. The number of rotatable bonds is 8. The lowest BCUT2D eigenvalue weighted by Gasteiger charge is -2.09. The van der Waals surface area contributed by atoms with Gasteiger partial charge in [-0.2, -0.15) is 5.10 Å². The van der Waals surface area contributed by atoms with Crippen molar-refractivity contribution in [3.63, 3.8) is 0 Å². The van der Waals surface area contributed by atoms with Crippen molar-refractivity contribution in [3.05, 3.63) is 114 Å². The average Bonchev–Trinajstić information content (AvgIpc) is 3.32. The number of amides is 1. The Morgan fingerprint density at radius 2 is 1.87 bits per heavy atom. The number of fused-ring (bicyclic) bond motifs is 1. The van der Waals surface area contributed by atoms with Crippen molar-refractivity contribution >= 4 is 46.7 Å². The van der Waals surface area contributed by atoms with Crippen molar-refractivity contribution in [1.29, 1.82) is 0 Å². The summed E-state index contributed by atoms with van der Waals surface area (Å²) in [5.74, 6) is -0.638. The van der Waals surface area contributed by atoms with Crippen LogP contribution in [0.1, 0.15) is 32.1 Å². The summed E-state index contributed by atoms with van der Waals surface area (Å²) in [5, 5.41) is 8.29. The smallest absolute Gasteiger partial charge is 0.341 e. The Bertz CT molecular complexity index is 1620. The van der Waals surface area contributed by atoms with Gasteiger partial charge in [-0.3, -0.25) is 14.8 Å². The van der Waals surface area contributed by atoms with E-state index < -0.39 is 5.97 Å². The molecule has 0 spiro atoms. The summed E-state index contributed by atoms with van der Waals surface area (Å²) in [5.41, 5.74) is 3.26. The summed E-state index contributed by atoms with van der Waals surface area (Å²) in [6.07, 6.45) is 8.56. The van der Waals surface area contributed by atoms with Crippen LogP contribution in [0.2, 0.25) is 0 Å². The fraction of sp³-hybridized carbons (Fsp3) is 0.0690. The van der Waals surface area contributed by atoms with Gasteiger partial charge < -0.3 is 10.1 Å². The van der Waals surface area contributed by atoms with Crippen molar-refractivity contribution in [2.24, 2.45) is 0 Å². The van der Waals surface area contributed by atoms with Crippen molar-refractivity contribution in [1.82, 2.24) is 25.1 Å². The Morgan fingerprint density at radius 3 is 2.66 bits per heavy atom. The van der Waals surface area contributed by atoms with Crippen LogP contribution >= 0.6 is 11.8 Å². The third-order valence-corrected chi connectivity index (χ3v) is 6.72. The van der Waals surface area contributed by atoms with Gasteiger partial charge in [0, 0.05) is 40.8 Å². The van der Waals surface area contributed by atoms with E-state index in [1.807, 2.05) is 66.7 Å². The summed E-state index contributed by atoms with van der Waals surface area (Å²) in [6.45, 7) is -0.0788. The van der Waals surface area contributed by atoms with Gasteiger partial charge in [-0.15, -0.1) is 0 Å². The minimum absolute atomic E-state index is 0.0788. The third-order valence-electron chi connectivity index (χ3n) is 5.65. The van der Waals surface area contributed by atoms with Crippen LogP contribution in [0.15, 0.2) is 101 Å². The van der Waals surface area contributed by atoms with Crippen LogP contribution < -0.4 is 5.32 Å². The van der Waals surface area contributed by atoms with Crippen LogP contribution in [0.3, 0.4) is 0 Å². The molecule has 188 valence electrons. The lowest BCUT2D eigenvalue weighted by atomic mass is 10.2. The first-order valence-corrected chi connectivity index (χ1v) is 12.6. The molecule has 0 aliphatic carbocycles. The summed E-state index contributed by atoms with van der Waals surface area (Å²) < 4.78 is 7.20. The highest BCUT2D eigenvalue weighted by Gasteiger charge is 2.15. The summed E-state index contributed by atoms with van der Waals surface area (Å²) in [4.78, 5) is 34.9. The number of hydrogen-bond acceptors (Lipinski definition) is 7. The molecule has 0 unspecified atom stereocenters. The normalized spacial score (nSPS) is 11.1. The van der Waals surface area contributed by atoms with Gasteiger partial charge in [0.05, 0.1) is 28.0 Å². The number of hydrogen-bond donors (Lipinski definition) is 1. The Labute approximate surface area is 223 Å². The molecule has 0 aliphatic heterocycles. The van der Waals surface area contributed by atoms with Gasteiger partial charge in [0.25, 0.3) is 5.91 Å². The summed E-state index contributed by atoms with van der Waals surface area (Å²) in [6, 6.07) is 22.4. The molecule has 0 saturated carbocycles. The first-order valence-electron chi connectivity index (χ1n) is 11.8. The van der Waals surface area contributed by atoms with E-state index in [1.54, 1.807) is 42.3 Å². The largest absolute Gasteiger partial charge is 0.439 e. The fourth-order valence-corrected chi connectivity index (χ4v) is 4.77. The number of carbonyl (C=O) groups is 2. The zero-order chi connectivity index (χ0) is 26.3. The van der Waals surface area contributed by atoms with Crippen LogP contribution in [0.4, 0.5) is 0 Å². The molecule has 5 aromatic rings.